The molecule has 9 heteroatoms. The Morgan fingerprint density at radius 1 is 1.53 bits per heavy atom. The van der Waals surface area contributed by atoms with Gasteiger partial charge in [-0.05, 0) is 0 Å². The van der Waals surface area contributed by atoms with E-state index in [4.69, 9.17) is 0 Å². The molecule has 1 heterocycles. The molecule has 0 unspecified atom stereocenters. The summed E-state index contributed by atoms with van der Waals surface area (Å²) in [7, 11) is -1.89. The number of sulfonamides is 1. The molecule has 0 atom stereocenters. The first kappa shape index (κ1) is 13.9. The lowest BCUT2D eigenvalue weighted by Gasteiger charge is -2.02. The number of esters is 1. The van der Waals surface area contributed by atoms with Gasteiger partial charge < -0.3 is 10.1 Å². The minimum Gasteiger partial charge on any atom is -0.464 e. The number of rotatable bonds is 6. The van der Waals surface area contributed by atoms with Gasteiger partial charge in [0.2, 0.25) is 10.0 Å². The Morgan fingerprint density at radius 3 is 2.82 bits per heavy atom. The Hall–Kier alpha value is -1.19. The molecule has 1 aromatic rings. The standard InChI is InChI=1S/C8H13N3O4S2/c1-15-7(12)6-5-16-8(11-6)9-3-4-10-17(2,13)14/h5,10H,3-4H2,1-2H3,(H,9,11). The molecule has 0 spiro atoms. The summed E-state index contributed by atoms with van der Waals surface area (Å²) in [6, 6.07) is 0. The second kappa shape index (κ2) is 5.94. The van der Waals surface area contributed by atoms with Crippen molar-refractivity contribution in [2.45, 2.75) is 0 Å². The normalized spacial score (nSPS) is 11.2. The van der Waals surface area contributed by atoms with Crippen molar-refractivity contribution in [1.29, 1.82) is 0 Å². The van der Waals surface area contributed by atoms with Gasteiger partial charge in [-0.15, -0.1) is 11.3 Å². The Kier molecular flexibility index (Phi) is 4.85. The zero-order valence-electron chi connectivity index (χ0n) is 9.39. The van der Waals surface area contributed by atoms with E-state index in [1.165, 1.54) is 18.4 Å². The van der Waals surface area contributed by atoms with E-state index in [2.05, 4.69) is 19.8 Å². The quantitative estimate of drug-likeness (QED) is 0.557. The summed E-state index contributed by atoms with van der Waals surface area (Å²) in [5.41, 5.74) is 0.232. The van der Waals surface area contributed by atoms with Gasteiger partial charge in [-0.25, -0.2) is 22.9 Å². The fourth-order valence-corrected chi connectivity index (χ4v) is 2.14. The zero-order chi connectivity index (χ0) is 12.9. The predicted octanol–water partition coefficient (Wildman–Crippen LogP) is -0.109. The van der Waals surface area contributed by atoms with E-state index < -0.39 is 16.0 Å². The number of aromatic nitrogens is 1. The van der Waals surface area contributed by atoms with Crippen LogP contribution >= 0.6 is 11.3 Å². The van der Waals surface area contributed by atoms with Crippen molar-refractivity contribution >= 4 is 32.5 Å². The third-order valence-electron chi connectivity index (χ3n) is 1.66. The van der Waals surface area contributed by atoms with Crippen molar-refractivity contribution in [3.05, 3.63) is 11.1 Å². The minimum atomic E-state index is -3.17. The van der Waals surface area contributed by atoms with Crippen molar-refractivity contribution < 1.29 is 17.9 Å². The van der Waals surface area contributed by atoms with Crippen LogP contribution < -0.4 is 10.0 Å². The summed E-state index contributed by atoms with van der Waals surface area (Å²) < 4.78 is 28.4. The molecular weight excluding hydrogens is 266 g/mol. The molecule has 0 aliphatic rings. The average molecular weight is 279 g/mol. The number of carbonyl (C=O) groups is 1. The molecule has 0 saturated heterocycles. The summed E-state index contributed by atoms with van der Waals surface area (Å²) in [5.74, 6) is -0.497. The maximum Gasteiger partial charge on any atom is 0.357 e. The van der Waals surface area contributed by atoms with E-state index in [0.717, 1.165) is 6.26 Å². The second-order valence-electron chi connectivity index (χ2n) is 3.12. The van der Waals surface area contributed by atoms with Crippen LogP contribution in [0, 0.1) is 0 Å². The van der Waals surface area contributed by atoms with E-state index in [-0.39, 0.29) is 12.2 Å². The predicted molar refractivity (Wildman–Crippen MR) is 64.8 cm³/mol. The highest BCUT2D eigenvalue weighted by molar-refractivity contribution is 7.88. The number of hydrogen-bond acceptors (Lipinski definition) is 7. The molecule has 0 aromatic carbocycles. The molecule has 0 fully saturated rings. The van der Waals surface area contributed by atoms with Crippen LogP contribution in [-0.2, 0) is 14.8 Å². The number of nitrogens with zero attached hydrogens (tertiary/aromatic N) is 1. The molecule has 0 aliphatic carbocycles. The van der Waals surface area contributed by atoms with Crippen LogP contribution in [0.4, 0.5) is 5.13 Å². The molecule has 0 radical (unpaired) electrons. The summed E-state index contributed by atoms with van der Waals surface area (Å²) in [6.07, 6.45) is 1.09. The minimum absolute atomic E-state index is 0.232. The zero-order valence-corrected chi connectivity index (χ0v) is 11.0. The lowest BCUT2D eigenvalue weighted by atomic mass is 10.5. The maximum absolute atomic E-state index is 11.1. The molecule has 0 amide bonds. The molecule has 96 valence electrons. The topological polar surface area (TPSA) is 97.4 Å². The van der Waals surface area contributed by atoms with Gasteiger partial charge in [0.05, 0.1) is 13.4 Å². The van der Waals surface area contributed by atoms with Gasteiger partial charge >= 0.3 is 5.97 Å². The second-order valence-corrected chi connectivity index (χ2v) is 5.81. The number of ether oxygens (including phenoxy) is 1. The van der Waals surface area contributed by atoms with E-state index in [9.17, 15) is 13.2 Å². The summed E-state index contributed by atoms with van der Waals surface area (Å²) >= 11 is 1.25. The van der Waals surface area contributed by atoms with Crippen molar-refractivity contribution in [3.63, 3.8) is 0 Å². The first-order valence-electron chi connectivity index (χ1n) is 4.65. The Bertz CT molecular complexity index is 483. The number of methoxy groups -OCH3 is 1. The molecule has 0 bridgehead atoms. The lowest BCUT2D eigenvalue weighted by molar-refractivity contribution is 0.0595. The highest BCUT2D eigenvalue weighted by atomic mass is 32.2. The van der Waals surface area contributed by atoms with Crippen LogP contribution in [-0.4, -0.2) is 45.8 Å². The van der Waals surface area contributed by atoms with Gasteiger partial charge in [0.1, 0.15) is 0 Å². The largest absolute Gasteiger partial charge is 0.464 e. The van der Waals surface area contributed by atoms with Gasteiger partial charge in [-0.3, -0.25) is 0 Å². The highest BCUT2D eigenvalue weighted by Crippen LogP contribution is 2.15. The van der Waals surface area contributed by atoms with E-state index in [1.807, 2.05) is 0 Å². The summed E-state index contributed by atoms with van der Waals surface area (Å²) in [4.78, 5) is 15.1. The van der Waals surface area contributed by atoms with Crippen molar-refractivity contribution in [2.75, 3.05) is 31.8 Å². The molecule has 17 heavy (non-hydrogen) atoms. The first-order chi connectivity index (χ1) is 7.92. The van der Waals surface area contributed by atoms with E-state index >= 15 is 0 Å². The van der Waals surface area contributed by atoms with Gasteiger partial charge in [-0.1, -0.05) is 0 Å². The van der Waals surface area contributed by atoms with Crippen LogP contribution in [0.1, 0.15) is 10.5 Å². The number of carbonyl (C=O) groups excluding carboxylic acids is 1. The summed E-state index contributed by atoms with van der Waals surface area (Å²) in [6.45, 7) is 0.646. The monoisotopic (exact) mass is 279 g/mol. The highest BCUT2D eigenvalue weighted by Gasteiger charge is 2.10. The molecule has 1 aromatic heterocycles. The van der Waals surface area contributed by atoms with Gasteiger partial charge in [-0.2, -0.15) is 0 Å². The fourth-order valence-electron chi connectivity index (χ4n) is 0.959. The molecule has 2 N–H and O–H groups in total. The smallest absolute Gasteiger partial charge is 0.357 e. The number of thiazole rings is 1. The van der Waals surface area contributed by atoms with Crippen molar-refractivity contribution in [1.82, 2.24) is 9.71 Å². The van der Waals surface area contributed by atoms with Gasteiger partial charge in [0, 0.05) is 18.5 Å². The van der Waals surface area contributed by atoms with Crippen LogP contribution in [0.2, 0.25) is 0 Å². The van der Waals surface area contributed by atoms with Crippen molar-refractivity contribution in [2.24, 2.45) is 0 Å². The third kappa shape index (κ3) is 5.11. The maximum atomic E-state index is 11.1. The lowest BCUT2D eigenvalue weighted by Crippen LogP contribution is -2.27. The van der Waals surface area contributed by atoms with Crippen LogP contribution in [0.5, 0.6) is 0 Å². The fraction of sp³-hybridized carbons (Fsp3) is 0.500. The van der Waals surface area contributed by atoms with Crippen LogP contribution in [0.25, 0.3) is 0 Å². The Labute approximate surface area is 103 Å². The Morgan fingerprint density at radius 2 is 2.24 bits per heavy atom. The van der Waals surface area contributed by atoms with Crippen molar-refractivity contribution in [3.8, 4) is 0 Å². The number of hydrogen-bond donors (Lipinski definition) is 2. The molecule has 0 saturated carbocycles. The molecule has 7 nitrogen and oxygen atoms in total. The van der Waals surface area contributed by atoms with Crippen LogP contribution in [0.15, 0.2) is 5.38 Å². The molecular formula is C8H13N3O4S2. The van der Waals surface area contributed by atoms with E-state index in [0.29, 0.717) is 11.7 Å². The Balaban J connectivity index is 2.38. The average Bonchev–Trinajstić information content (AvgIpc) is 2.70. The van der Waals surface area contributed by atoms with Gasteiger partial charge in [0.15, 0.2) is 10.8 Å². The number of nitrogens with one attached hydrogen (secondary N) is 2. The summed E-state index contributed by atoms with van der Waals surface area (Å²) in [5, 5.41) is 5.00. The number of anilines is 1. The SMILES string of the molecule is COC(=O)c1csc(NCCNS(C)(=O)=O)n1. The van der Waals surface area contributed by atoms with E-state index in [1.54, 1.807) is 5.38 Å². The van der Waals surface area contributed by atoms with Crippen LogP contribution in [0.3, 0.4) is 0 Å². The first-order valence-corrected chi connectivity index (χ1v) is 7.42. The van der Waals surface area contributed by atoms with Gasteiger partial charge in [0.25, 0.3) is 0 Å². The molecule has 1 rings (SSSR count). The third-order valence-corrected chi connectivity index (χ3v) is 3.19. The molecule has 0 aliphatic heterocycles.